The van der Waals surface area contributed by atoms with Crippen LogP contribution in [-0.2, 0) is 0 Å². The number of aromatic nitrogens is 3. The molecule has 2 N–H and O–H groups in total. The van der Waals surface area contributed by atoms with Crippen LogP contribution >= 0.6 is 23.2 Å². The van der Waals surface area contributed by atoms with Crippen LogP contribution in [0.25, 0.3) is 23.1 Å². The highest BCUT2D eigenvalue weighted by Crippen LogP contribution is 2.38. The van der Waals surface area contributed by atoms with Gasteiger partial charge in [-0.3, -0.25) is 4.98 Å². The Kier molecular flexibility index (Phi) is 5.57. The topological polar surface area (TPSA) is 86.6 Å². The highest BCUT2D eigenvalue weighted by molar-refractivity contribution is 6.44. The molecule has 2 heterocycles. The number of fused-ring (bicyclic) bond motifs is 1. The number of hydrogen-bond acceptors (Lipinski definition) is 5. The molecule has 0 fully saturated rings. The molecule has 0 saturated carbocycles. The highest BCUT2D eigenvalue weighted by Gasteiger charge is 2.14. The zero-order chi connectivity index (χ0) is 21.1. The third kappa shape index (κ3) is 3.94. The van der Waals surface area contributed by atoms with Crippen molar-refractivity contribution in [1.82, 2.24) is 15.0 Å². The molecule has 6 nitrogen and oxygen atoms in total. The van der Waals surface area contributed by atoms with Gasteiger partial charge < -0.3 is 15.0 Å². The second kappa shape index (κ2) is 8.46. The molecule has 0 saturated heterocycles. The first-order valence-electron chi connectivity index (χ1n) is 8.89. The van der Waals surface area contributed by atoms with Crippen LogP contribution in [0.2, 0.25) is 10.0 Å². The fourth-order valence-corrected chi connectivity index (χ4v) is 3.35. The normalized spacial score (nSPS) is 11.0. The van der Waals surface area contributed by atoms with Crippen molar-refractivity contribution in [2.45, 2.75) is 0 Å². The van der Waals surface area contributed by atoms with Gasteiger partial charge in [-0.2, -0.15) is 5.26 Å². The minimum Gasteiger partial charge on any atom is -0.497 e. The first-order chi connectivity index (χ1) is 14.6. The summed E-state index contributed by atoms with van der Waals surface area (Å²) >= 11 is 12.6. The number of rotatable bonds is 5. The summed E-state index contributed by atoms with van der Waals surface area (Å²) < 4.78 is 5.27. The van der Waals surface area contributed by atoms with Crippen molar-refractivity contribution in [3.8, 4) is 11.8 Å². The lowest BCUT2D eigenvalue weighted by Crippen LogP contribution is -1.98. The fraction of sp³-hybridized carbons (Fsp3) is 0.0455. The minimum atomic E-state index is 0.337. The Morgan fingerprint density at radius 3 is 2.77 bits per heavy atom. The molecule has 148 valence electrons. The zero-order valence-electron chi connectivity index (χ0n) is 15.8. The van der Waals surface area contributed by atoms with Gasteiger partial charge in [0.15, 0.2) is 0 Å². The van der Waals surface area contributed by atoms with Crippen molar-refractivity contribution in [3.05, 3.63) is 75.9 Å². The Bertz CT molecular complexity index is 1290. The van der Waals surface area contributed by atoms with E-state index in [2.05, 4.69) is 26.3 Å². The van der Waals surface area contributed by atoms with Crippen molar-refractivity contribution in [3.63, 3.8) is 0 Å². The maximum Gasteiger partial charge on any atom is 0.129 e. The van der Waals surface area contributed by atoms with Crippen LogP contribution in [0.15, 0.2) is 48.9 Å². The van der Waals surface area contributed by atoms with Gasteiger partial charge in [0.1, 0.15) is 17.6 Å². The molecule has 8 heteroatoms. The quantitative estimate of drug-likeness (QED) is 0.397. The number of benzene rings is 2. The third-order valence-corrected chi connectivity index (χ3v) is 5.27. The Morgan fingerprint density at radius 2 is 2.03 bits per heavy atom. The van der Waals surface area contributed by atoms with Gasteiger partial charge in [-0.25, -0.2) is 4.98 Å². The predicted molar refractivity (Wildman–Crippen MR) is 120 cm³/mol. The van der Waals surface area contributed by atoms with E-state index in [0.717, 1.165) is 22.3 Å². The molecule has 0 atom stereocenters. The number of nitrogens with one attached hydrogen (secondary N) is 2. The summed E-state index contributed by atoms with van der Waals surface area (Å²) in [7, 11) is 1.55. The highest BCUT2D eigenvalue weighted by atomic mass is 35.5. The molecule has 0 aliphatic rings. The van der Waals surface area contributed by atoms with E-state index in [1.807, 2.05) is 30.4 Å². The number of ether oxygens (including phenoxy) is 1. The van der Waals surface area contributed by atoms with Crippen LogP contribution in [-0.4, -0.2) is 22.1 Å². The van der Waals surface area contributed by atoms with Gasteiger partial charge in [0.25, 0.3) is 0 Å². The standard InChI is InChI=1S/C22H15Cl2N5O/c1-30-15-9-17(23)21(24)19(10-15)29-22-14(11-25)12-28-18-8-13(2-4-16(18)22)3-5-20-26-6-7-27-20/h2-10,12H,1H3,(H,26,27)(H,28,29)/b5-3+. The van der Waals surface area contributed by atoms with E-state index < -0.39 is 0 Å². The van der Waals surface area contributed by atoms with E-state index in [1.165, 1.54) is 6.20 Å². The number of H-pyrrole nitrogens is 1. The van der Waals surface area contributed by atoms with Crippen molar-refractivity contribution >= 4 is 57.6 Å². The summed E-state index contributed by atoms with van der Waals surface area (Å²) in [6.45, 7) is 0. The van der Waals surface area contributed by atoms with Crippen LogP contribution in [0, 0.1) is 11.3 Å². The van der Waals surface area contributed by atoms with Crippen LogP contribution in [0.1, 0.15) is 17.0 Å². The molecule has 0 aliphatic carbocycles. The maximum absolute atomic E-state index is 9.59. The van der Waals surface area contributed by atoms with E-state index in [1.54, 1.807) is 31.6 Å². The van der Waals surface area contributed by atoms with Gasteiger partial charge in [-0.1, -0.05) is 41.4 Å². The first-order valence-corrected chi connectivity index (χ1v) is 9.65. The Labute approximate surface area is 182 Å². The van der Waals surface area contributed by atoms with Gasteiger partial charge >= 0.3 is 0 Å². The second-order valence-electron chi connectivity index (χ2n) is 6.34. The van der Waals surface area contributed by atoms with E-state index in [9.17, 15) is 5.26 Å². The molecule has 0 bridgehead atoms. The number of imidazole rings is 1. The smallest absolute Gasteiger partial charge is 0.129 e. The van der Waals surface area contributed by atoms with E-state index in [4.69, 9.17) is 27.9 Å². The van der Waals surface area contributed by atoms with Gasteiger partial charge in [-0.05, 0) is 17.7 Å². The number of pyridine rings is 1. The molecule has 4 aromatic rings. The third-order valence-electron chi connectivity index (χ3n) is 4.46. The second-order valence-corrected chi connectivity index (χ2v) is 7.12. The fourth-order valence-electron chi connectivity index (χ4n) is 2.99. The van der Waals surface area contributed by atoms with Gasteiger partial charge in [0, 0.05) is 36.1 Å². The molecular weight excluding hydrogens is 421 g/mol. The molecule has 30 heavy (non-hydrogen) atoms. The summed E-state index contributed by atoms with van der Waals surface area (Å²) in [4.78, 5) is 11.6. The molecule has 0 spiro atoms. The number of anilines is 2. The van der Waals surface area contributed by atoms with Crippen LogP contribution in [0.5, 0.6) is 5.75 Å². The number of aromatic amines is 1. The van der Waals surface area contributed by atoms with Gasteiger partial charge in [-0.15, -0.1) is 0 Å². The number of nitrogens with zero attached hydrogens (tertiary/aromatic N) is 3. The summed E-state index contributed by atoms with van der Waals surface area (Å²) in [6, 6.07) is 11.3. The summed E-state index contributed by atoms with van der Waals surface area (Å²) in [5, 5.41) is 14.3. The molecular formula is C22H15Cl2N5O. The van der Waals surface area contributed by atoms with E-state index in [-0.39, 0.29) is 0 Å². The largest absolute Gasteiger partial charge is 0.497 e. The minimum absolute atomic E-state index is 0.337. The SMILES string of the molecule is COc1cc(Cl)c(Cl)c(Nc2c(C#N)cnc3cc(/C=C/c4ncc[nH]4)ccc23)c1. The Balaban J connectivity index is 1.77. The summed E-state index contributed by atoms with van der Waals surface area (Å²) in [5.41, 5.74) is 3.19. The van der Waals surface area contributed by atoms with Gasteiger partial charge in [0.2, 0.25) is 0 Å². The van der Waals surface area contributed by atoms with Crippen LogP contribution in [0.4, 0.5) is 11.4 Å². The van der Waals surface area contributed by atoms with Crippen molar-refractivity contribution < 1.29 is 4.74 Å². The van der Waals surface area contributed by atoms with Crippen LogP contribution < -0.4 is 10.1 Å². The predicted octanol–water partition coefficient (Wildman–Crippen LogP) is 6.06. The van der Waals surface area contributed by atoms with Crippen molar-refractivity contribution in [1.29, 1.82) is 5.26 Å². The van der Waals surface area contributed by atoms with Gasteiger partial charge in [0.05, 0.1) is 39.6 Å². The lowest BCUT2D eigenvalue weighted by Gasteiger charge is -2.15. The summed E-state index contributed by atoms with van der Waals surface area (Å²) in [6.07, 6.45) is 8.80. The Hall–Kier alpha value is -3.53. The average molecular weight is 436 g/mol. The number of nitriles is 1. The maximum atomic E-state index is 9.59. The molecule has 0 aliphatic heterocycles. The average Bonchev–Trinajstić information content (AvgIpc) is 3.29. The number of methoxy groups -OCH3 is 1. The van der Waals surface area contributed by atoms with Crippen molar-refractivity contribution in [2.75, 3.05) is 12.4 Å². The zero-order valence-corrected chi connectivity index (χ0v) is 17.3. The first kappa shape index (κ1) is 19.8. The summed E-state index contributed by atoms with van der Waals surface area (Å²) in [5.74, 6) is 1.31. The molecule has 2 aromatic heterocycles. The molecule has 0 amide bonds. The Morgan fingerprint density at radius 1 is 1.17 bits per heavy atom. The lowest BCUT2D eigenvalue weighted by molar-refractivity contribution is 0.415. The number of halogens is 2. The van der Waals surface area contributed by atoms with Crippen molar-refractivity contribution in [2.24, 2.45) is 0 Å². The molecule has 0 radical (unpaired) electrons. The number of hydrogen-bond donors (Lipinski definition) is 2. The van der Waals surface area contributed by atoms with Crippen LogP contribution in [0.3, 0.4) is 0 Å². The molecule has 0 unspecified atom stereocenters. The molecule has 2 aromatic carbocycles. The molecule has 4 rings (SSSR count). The van der Waals surface area contributed by atoms with E-state index in [0.29, 0.717) is 32.7 Å². The monoisotopic (exact) mass is 435 g/mol. The lowest BCUT2D eigenvalue weighted by atomic mass is 10.1. The van der Waals surface area contributed by atoms with E-state index >= 15 is 0 Å².